The number of alkyl carbamates (subject to hydrolysis) is 2. The van der Waals surface area contributed by atoms with Crippen LogP contribution in [-0.2, 0) is 100.0 Å². The molecule has 0 aromatic carbocycles. The lowest BCUT2D eigenvalue weighted by atomic mass is 9.93. The van der Waals surface area contributed by atoms with Crippen LogP contribution in [0.2, 0.25) is 0 Å². The van der Waals surface area contributed by atoms with Crippen LogP contribution in [0.4, 0.5) is 9.59 Å². The van der Waals surface area contributed by atoms with E-state index in [0.717, 1.165) is 41.5 Å². The lowest BCUT2D eigenvalue weighted by Crippen LogP contribution is -2.66. The number of esters is 6. The molecule has 0 aromatic heterocycles. The smallest absolute Gasteiger partial charge is 0.407 e. The number of hydrogen-bond acceptors (Lipinski definition) is 23. The predicted molar refractivity (Wildman–Crippen MR) is 242 cm³/mol. The van der Waals surface area contributed by atoms with Crippen LogP contribution < -0.4 is 21.3 Å². The van der Waals surface area contributed by atoms with Gasteiger partial charge in [0.25, 0.3) is 0 Å². The minimum atomic E-state index is -1.82. The highest BCUT2D eigenvalue weighted by Crippen LogP contribution is 2.30. The third-order valence-corrected chi connectivity index (χ3v) is 10.4. The molecule has 0 saturated carbocycles. The zero-order valence-corrected chi connectivity index (χ0v) is 42.5. The highest BCUT2D eigenvalue weighted by atomic mass is 16.7. The average molecular weight is 1050 g/mol. The van der Waals surface area contributed by atoms with E-state index in [1.165, 1.54) is 20.8 Å². The molecule has 414 valence electrons. The molecule has 28 nitrogen and oxygen atoms in total. The van der Waals surface area contributed by atoms with Gasteiger partial charge in [0, 0.05) is 81.7 Å². The van der Waals surface area contributed by atoms with Gasteiger partial charge in [0.1, 0.15) is 56.1 Å². The Morgan fingerprint density at radius 2 is 0.808 bits per heavy atom. The molecule has 2 fully saturated rings. The van der Waals surface area contributed by atoms with E-state index in [4.69, 9.17) is 56.8 Å². The van der Waals surface area contributed by atoms with Gasteiger partial charge in [-0.1, -0.05) is 0 Å². The largest absolute Gasteiger partial charge is 0.481 e. The van der Waals surface area contributed by atoms with Crippen LogP contribution >= 0.6 is 0 Å². The summed E-state index contributed by atoms with van der Waals surface area (Å²) in [5.74, 6) is -6.81. The van der Waals surface area contributed by atoms with E-state index in [9.17, 15) is 57.8 Å². The summed E-state index contributed by atoms with van der Waals surface area (Å²) in [6.07, 6.45) is -9.13. The Kier molecular flexibility index (Phi) is 27.4. The van der Waals surface area contributed by atoms with E-state index in [1.807, 2.05) is 0 Å². The number of hydrogen-bond donors (Lipinski definition) is 5. The number of unbranched alkanes of at least 4 members (excludes halogenated alkanes) is 4. The Balaban J connectivity index is 1.80. The zero-order chi connectivity index (χ0) is 54.8. The number of rotatable bonds is 29. The van der Waals surface area contributed by atoms with Crippen LogP contribution in [0, 0.1) is 5.41 Å². The first-order chi connectivity index (χ1) is 34.3. The van der Waals surface area contributed by atoms with Crippen molar-refractivity contribution in [2.24, 2.45) is 5.41 Å². The third-order valence-electron chi connectivity index (χ3n) is 10.4. The summed E-state index contributed by atoms with van der Waals surface area (Å²) >= 11 is 0. The summed E-state index contributed by atoms with van der Waals surface area (Å²) in [4.78, 5) is 132. The van der Waals surface area contributed by atoms with Gasteiger partial charge in [-0.25, -0.2) is 9.59 Å². The molecule has 28 heteroatoms. The van der Waals surface area contributed by atoms with Gasteiger partial charge >= 0.3 is 54.0 Å². The molecule has 5 N–H and O–H groups in total. The van der Waals surface area contributed by atoms with Crippen LogP contribution in [0.5, 0.6) is 0 Å². The standard InChI is InChI=1S/C45H70N4O24/c1-24(50)48-34-38(70-30(7)56)36(68-28(5)54)32(20-64-26(3)52)72-40(34)62-18-14-10-12-16-46-43(60)66-22-45(9,42(58)59)23-67-44(61)47-17-13-11-15-19-63-41-35(49-25(2)51)39(71-31(8)57)37(69-29(6)55)33(73-41)21-65-27(4)53/h32-41H,10-23H2,1-9H3,(H,46,60)(H,47,61)(H,48,50)(H,49,51)(H,58,59)/t32?,33?,34?,35?,36-,37-,38?,39?,40+,41+,45?/m0/s1. The number of carboxylic acid groups (broad SMARTS) is 1. The molecule has 4 amide bonds. The summed E-state index contributed by atoms with van der Waals surface area (Å²) < 4.78 is 65.7. The van der Waals surface area contributed by atoms with Crippen molar-refractivity contribution >= 4 is 65.8 Å². The molecule has 2 heterocycles. The minimum Gasteiger partial charge on any atom is -0.481 e. The SMILES string of the molecule is CC(=O)NC1C(OC(C)=O)[C@@H](OC(C)=O)C(COC(C)=O)O[C@H]1OCCCCCNC(=O)OCC(C)(COC(=O)NCCCCCO[C@@H]1OC(COC(C)=O)[C@H](OC(C)=O)C(OC(C)=O)C1NC(C)=O)C(=O)O. The molecule has 2 rings (SSSR count). The number of carbonyl (C=O) groups excluding carboxylic acids is 10. The molecule has 2 saturated heterocycles. The van der Waals surface area contributed by atoms with Crippen LogP contribution in [0.25, 0.3) is 0 Å². The second kappa shape index (κ2) is 31.9. The van der Waals surface area contributed by atoms with Gasteiger partial charge in [-0.15, -0.1) is 0 Å². The highest BCUT2D eigenvalue weighted by molar-refractivity contribution is 5.77. The van der Waals surface area contributed by atoms with Crippen molar-refractivity contribution in [2.75, 3.05) is 52.7 Å². The topological polar surface area (TPSA) is 367 Å². The molecule has 2 aliphatic heterocycles. The summed E-state index contributed by atoms with van der Waals surface area (Å²) in [6.45, 7) is 8.67. The van der Waals surface area contributed by atoms with Crippen LogP contribution in [0.1, 0.15) is 101 Å². The molecule has 2 aliphatic rings. The summed E-state index contributed by atoms with van der Waals surface area (Å²) in [6, 6.07) is -2.27. The van der Waals surface area contributed by atoms with E-state index in [0.29, 0.717) is 38.5 Å². The highest BCUT2D eigenvalue weighted by Gasteiger charge is 2.53. The first-order valence-electron chi connectivity index (χ1n) is 23.4. The Hall–Kier alpha value is -6.39. The average Bonchev–Trinajstić information content (AvgIpc) is 3.28. The molecule has 0 aromatic rings. The quantitative estimate of drug-likeness (QED) is 0.0380. The first kappa shape index (κ1) is 62.7. The minimum absolute atomic E-state index is 0.0430. The molecule has 10 atom stereocenters. The maximum absolute atomic E-state index is 12.5. The van der Waals surface area contributed by atoms with Gasteiger partial charge in [-0.2, -0.15) is 0 Å². The number of carbonyl (C=O) groups is 11. The Labute approximate surface area is 421 Å². The van der Waals surface area contributed by atoms with Crippen LogP contribution in [0.3, 0.4) is 0 Å². The Bertz CT molecular complexity index is 1780. The van der Waals surface area contributed by atoms with E-state index in [2.05, 4.69) is 21.3 Å². The van der Waals surface area contributed by atoms with Crippen molar-refractivity contribution < 1.29 is 115 Å². The first-order valence-corrected chi connectivity index (χ1v) is 23.4. The van der Waals surface area contributed by atoms with Crippen LogP contribution in [0.15, 0.2) is 0 Å². The van der Waals surface area contributed by atoms with Gasteiger partial charge in [-0.3, -0.25) is 43.2 Å². The summed E-state index contributed by atoms with van der Waals surface area (Å²) in [7, 11) is 0. The monoisotopic (exact) mass is 1050 g/mol. The van der Waals surface area contributed by atoms with Crippen molar-refractivity contribution in [1.29, 1.82) is 0 Å². The van der Waals surface area contributed by atoms with Crippen molar-refractivity contribution in [1.82, 2.24) is 21.3 Å². The third kappa shape index (κ3) is 23.8. The molecule has 73 heavy (non-hydrogen) atoms. The Morgan fingerprint density at radius 1 is 0.466 bits per heavy atom. The fourth-order valence-corrected chi connectivity index (χ4v) is 7.17. The molecule has 0 radical (unpaired) electrons. The second-order valence-electron chi connectivity index (χ2n) is 17.2. The number of carboxylic acids is 1. The molecule has 6 unspecified atom stereocenters. The number of amides is 4. The molecule has 0 aliphatic carbocycles. The summed E-state index contributed by atoms with van der Waals surface area (Å²) in [5, 5.41) is 20.1. The number of aliphatic carboxylic acids is 1. The number of nitrogens with one attached hydrogen (secondary N) is 4. The fourth-order valence-electron chi connectivity index (χ4n) is 7.17. The van der Waals surface area contributed by atoms with E-state index in [1.54, 1.807) is 0 Å². The van der Waals surface area contributed by atoms with Gasteiger partial charge < -0.3 is 83.2 Å². The van der Waals surface area contributed by atoms with Crippen molar-refractivity contribution in [3.05, 3.63) is 0 Å². The molecular weight excluding hydrogens is 980 g/mol. The zero-order valence-electron chi connectivity index (χ0n) is 42.5. The maximum atomic E-state index is 12.5. The maximum Gasteiger partial charge on any atom is 0.407 e. The second-order valence-corrected chi connectivity index (χ2v) is 17.2. The van der Waals surface area contributed by atoms with Gasteiger partial charge in [-0.05, 0) is 45.4 Å². The van der Waals surface area contributed by atoms with E-state index in [-0.39, 0.29) is 26.3 Å². The molecular formula is C45H70N4O24. The van der Waals surface area contributed by atoms with Crippen molar-refractivity contribution in [3.63, 3.8) is 0 Å². The fraction of sp³-hybridized carbons (Fsp3) is 0.756. The Morgan fingerprint density at radius 3 is 1.11 bits per heavy atom. The molecule has 0 bridgehead atoms. The predicted octanol–water partition coefficient (Wildman–Crippen LogP) is 0.216. The van der Waals surface area contributed by atoms with Crippen LogP contribution in [-0.4, -0.2) is 185 Å². The summed E-state index contributed by atoms with van der Waals surface area (Å²) in [5.41, 5.74) is -1.82. The van der Waals surface area contributed by atoms with Gasteiger partial charge in [0.2, 0.25) is 11.8 Å². The van der Waals surface area contributed by atoms with Crippen molar-refractivity contribution in [3.8, 4) is 0 Å². The van der Waals surface area contributed by atoms with E-state index < -0.39 is 159 Å². The lowest BCUT2D eigenvalue weighted by Gasteiger charge is -2.44. The van der Waals surface area contributed by atoms with Crippen molar-refractivity contribution in [2.45, 2.75) is 162 Å². The normalized spacial score (nSPS) is 24.1. The van der Waals surface area contributed by atoms with Gasteiger partial charge in [0.05, 0.1) is 0 Å². The lowest BCUT2D eigenvalue weighted by molar-refractivity contribution is -0.277. The number of ether oxygens (including phenoxy) is 12. The van der Waals surface area contributed by atoms with E-state index >= 15 is 0 Å². The molecule has 0 spiro atoms. The van der Waals surface area contributed by atoms with Gasteiger partial charge in [0.15, 0.2) is 37.0 Å².